The van der Waals surface area contributed by atoms with Gasteiger partial charge in [-0.15, -0.1) is 10.2 Å². The molecule has 0 amide bonds. The summed E-state index contributed by atoms with van der Waals surface area (Å²) in [6.07, 6.45) is 2.52. The molecule has 6 nitrogen and oxygen atoms in total. The van der Waals surface area contributed by atoms with Crippen molar-refractivity contribution in [2.45, 2.75) is 39.7 Å². The lowest BCUT2D eigenvalue weighted by molar-refractivity contribution is 0.473. The van der Waals surface area contributed by atoms with E-state index in [4.69, 9.17) is 33.9 Å². The van der Waals surface area contributed by atoms with Crippen LogP contribution in [0, 0.1) is 6.92 Å². The predicted octanol–water partition coefficient (Wildman–Crippen LogP) is 4.36. The molecule has 0 spiro atoms. The molecule has 8 heteroatoms. The minimum absolute atomic E-state index is 0.247. The van der Waals surface area contributed by atoms with Gasteiger partial charge in [-0.1, -0.05) is 35.3 Å². The lowest BCUT2D eigenvalue weighted by atomic mass is 10.0. The number of nitrogens with two attached hydrogens (primary N) is 1. The van der Waals surface area contributed by atoms with Crippen LogP contribution >= 0.6 is 23.2 Å². The Balaban J connectivity index is 2.14. The molecule has 2 aromatic heterocycles. The van der Waals surface area contributed by atoms with Crippen LogP contribution in [0.3, 0.4) is 0 Å². The van der Waals surface area contributed by atoms with E-state index in [2.05, 4.69) is 22.0 Å². The molecule has 1 aromatic carbocycles. The highest BCUT2D eigenvalue weighted by Crippen LogP contribution is 2.37. The zero-order valence-electron chi connectivity index (χ0n) is 16.0. The molecular formula is C19H24Cl2N6. The fourth-order valence-corrected chi connectivity index (χ4v) is 3.43. The number of anilines is 1. The minimum Gasteiger partial charge on any atom is -0.342 e. The molecule has 0 atom stereocenters. The maximum Gasteiger partial charge on any atom is 0.212 e. The zero-order valence-corrected chi connectivity index (χ0v) is 17.5. The van der Waals surface area contributed by atoms with Gasteiger partial charge in [-0.3, -0.25) is 4.40 Å². The van der Waals surface area contributed by atoms with Gasteiger partial charge in [0.1, 0.15) is 6.33 Å². The topological polar surface area (TPSA) is 72.3 Å². The summed E-state index contributed by atoms with van der Waals surface area (Å²) in [5, 5.41) is 9.43. The number of fused-ring (bicyclic) bond motifs is 1. The highest BCUT2D eigenvalue weighted by molar-refractivity contribution is 6.43. The van der Waals surface area contributed by atoms with E-state index in [1.807, 2.05) is 37.3 Å². The molecule has 27 heavy (non-hydrogen) atoms. The fourth-order valence-electron chi connectivity index (χ4n) is 3.03. The maximum absolute atomic E-state index is 6.46. The molecule has 0 aliphatic carbocycles. The lowest BCUT2D eigenvalue weighted by Crippen LogP contribution is -2.38. The van der Waals surface area contributed by atoms with E-state index < -0.39 is 0 Å². The van der Waals surface area contributed by atoms with E-state index in [9.17, 15) is 0 Å². The molecular weight excluding hydrogens is 383 g/mol. The monoisotopic (exact) mass is 406 g/mol. The standard InChI is InChI=1S/C19H24Cl2N6/c1-5-26(10-9-19(3,4)22)18-24-12(2)15(17-25-23-11-27(17)18)13-7-6-8-14(20)16(13)21/h6-8,11H,5,9-10,22H2,1-4H3. The van der Waals surface area contributed by atoms with Gasteiger partial charge in [-0.2, -0.15) is 0 Å². The van der Waals surface area contributed by atoms with Crippen LogP contribution < -0.4 is 10.6 Å². The molecule has 0 bridgehead atoms. The van der Waals surface area contributed by atoms with Crippen LogP contribution in [0.2, 0.25) is 10.0 Å². The smallest absolute Gasteiger partial charge is 0.212 e. The number of hydrogen-bond acceptors (Lipinski definition) is 5. The Morgan fingerprint density at radius 2 is 2.00 bits per heavy atom. The molecule has 0 unspecified atom stereocenters. The van der Waals surface area contributed by atoms with Crippen LogP contribution in [0.4, 0.5) is 5.95 Å². The van der Waals surface area contributed by atoms with Gasteiger partial charge in [0.25, 0.3) is 0 Å². The van der Waals surface area contributed by atoms with Crippen molar-refractivity contribution < 1.29 is 0 Å². The Bertz CT molecular complexity index is 961. The van der Waals surface area contributed by atoms with Crippen LogP contribution in [-0.2, 0) is 0 Å². The summed E-state index contributed by atoms with van der Waals surface area (Å²) in [5.74, 6) is 0.793. The molecule has 2 heterocycles. The number of aromatic nitrogens is 4. The van der Waals surface area contributed by atoms with Crippen LogP contribution in [0.25, 0.3) is 16.8 Å². The second-order valence-corrected chi connectivity index (χ2v) is 8.10. The second kappa shape index (κ2) is 7.62. The van der Waals surface area contributed by atoms with Gasteiger partial charge in [-0.05, 0) is 40.2 Å². The zero-order chi connectivity index (χ0) is 19.8. The normalized spacial score (nSPS) is 12.0. The fraction of sp³-hybridized carbons (Fsp3) is 0.421. The Morgan fingerprint density at radius 3 is 2.67 bits per heavy atom. The summed E-state index contributed by atoms with van der Waals surface area (Å²) in [6, 6.07) is 5.55. The third kappa shape index (κ3) is 4.03. The van der Waals surface area contributed by atoms with Gasteiger partial charge in [0, 0.05) is 29.8 Å². The lowest BCUT2D eigenvalue weighted by Gasteiger charge is -2.27. The molecule has 0 saturated carbocycles. The number of aryl methyl sites for hydroxylation is 1. The van der Waals surface area contributed by atoms with E-state index in [0.29, 0.717) is 15.7 Å². The van der Waals surface area contributed by atoms with Gasteiger partial charge >= 0.3 is 0 Å². The predicted molar refractivity (Wildman–Crippen MR) is 112 cm³/mol. The van der Waals surface area contributed by atoms with Crippen LogP contribution in [0.5, 0.6) is 0 Å². The van der Waals surface area contributed by atoms with Crippen molar-refractivity contribution in [3.63, 3.8) is 0 Å². The molecule has 144 valence electrons. The molecule has 0 fully saturated rings. The minimum atomic E-state index is -0.247. The third-order valence-corrected chi connectivity index (χ3v) is 5.35. The van der Waals surface area contributed by atoms with Gasteiger partial charge in [0.05, 0.1) is 15.7 Å². The summed E-state index contributed by atoms with van der Waals surface area (Å²) in [4.78, 5) is 7.04. The molecule has 0 saturated heterocycles. The Kier molecular flexibility index (Phi) is 5.60. The first kappa shape index (κ1) is 19.9. The number of nitrogens with zero attached hydrogens (tertiary/aromatic N) is 5. The van der Waals surface area contributed by atoms with Crippen molar-refractivity contribution >= 4 is 34.8 Å². The molecule has 0 radical (unpaired) electrons. The molecule has 0 aliphatic rings. The number of rotatable bonds is 6. The first-order chi connectivity index (χ1) is 12.7. The van der Waals surface area contributed by atoms with Crippen LogP contribution in [0.15, 0.2) is 24.5 Å². The number of halogens is 2. The second-order valence-electron chi connectivity index (χ2n) is 7.32. The van der Waals surface area contributed by atoms with Crippen molar-refractivity contribution in [3.05, 3.63) is 40.3 Å². The van der Waals surface area contributed by atoms with Crippen molar-refractivity contribution in [3.8, 4) is 11.1 Å². The van der Waals surface area contributed by atoms with Crippen LogP contribution in [0.1, 0.15) is 32.9 Å². The van der Waals surface area contributed by atoms with Crippen molar-refractivity contribution in [1.29, 1.82) is 0 Å². The average Bonchev–Trinajstić information content (AvgIpc) is 3.07. The summed E-state index contributed by atoms with van der Waals surface area (Å²) in [5.41, 5.74) is 9.07. The van der Waals surface area contributed by atoms with E-state index in [1.165, 1.54) is 0 Å². The Hall–Kier alpha value is -1.89. The van der Waals surface area contributed by atoms with Crippen molar-refractivity contribution in [2.24, 2.45) is 5.73 Å². The Morgan fingerprint density at radius 1 is 1.26 bits per heavy atom. The van der Waals surface area contributed by atoms with Gasteiger partial charge in [0.2, 0.25) is 5.95 Å². The summed E-state index contributed by atoms with van der Waals surface area (Å²) in [6.45, 7) is 9.68. The van der Waals surface area contributed by atoms with E-state index >= 15 is 0 Å². The molecule has 0 aliphatic heterocycles. The summed E-state index contributed by atoms with van der Waals surface area (Å²) in [7, 11) is 0. The van der Waals surface area contributed by atoms with Crippen LogP contribution in [-0.4, -0.2) is 38.2 Å². The molecule has 2 N–H and O–H groups in total. The largest absolute Gasteiger partial charge is 0.342 e. The van der Waals surface area contributed by atoms with Crippen molar-refractivity contribution in [1.82, 2.24) is 19.6 Å². The van der Waals surface area contributed by atoms with Gasteiger partial charge in [0.15, 0.2) is 5.65 Å². The SMILES string of the molecule is CCN(CCC(C)(C)N)c1nc(C)c(-c2cccc(Cl)c2Cl)c2nncn12. The maximum atomic E-state index is 6.46. The van der Waals surface area contributed by atoms with E-state index in [-0.39, 0.29) is 5.54 Å². The van der Waals surface area contributed by atoms with Gasteiger partial charge in [-0.25, -0.2) is 4.98 Å². The Labute approximate surface area is 169 Å². The average molecular weight is 407 g/mol. The highest BCUT2D eigenvalue weighted by atomic mass is 35.5. The van der Waals surface area contributed by atoms with Gasteiger partial charge < -0.3 is 10.6 Å². The molecule has 3 rings (SSSR count). The quantitative estimate of drug-likeness (QED) is 0.657. The summed E-state index contributed by atoms with van der Waals surface area (Å²) >= 11 is 12.7. The van der Waals surface area contributed by atoms with Crippen molar-refractivity contribution in [2.75, 3.05) is 18.0 Å². The van der Waals surface area contributed by atoms with E-state index in [1.54, 1.807) is 12.4 Å². The highest BCUT2D eigenvalue weighted by Gasteiger charge is 2.21. The third-order valence-electron chi connectivity index (χ3n) is 4.53. The number of benzene rings is 1. The first-order valence-corrected chi connectivity index (χ1v) is 9.67. The summed E-state index contributed by atoms with van der Waals surface area (Å²) < 4.78 is 1.90. The first-order valence-electron chi connectivity index (χ1n) is 8.91. The van der Waals surface area contributed by atoms with E-state index in [0.717, 1.165) is 42.3 Å². The molecule has 3 aromatic rings. The number of hydrogen-bond donors (Lipinski definition) is 1.